The summed E-state index contributed by atoms with van der Waals surface area (Å²) < 4.78 is 5.54. The molecule has 0 spiro atoms. The Labute approximate surface area is 144 Å². The van der Waals surface area contributed by atoms with Gasteiger partial charge in [-0.2, -0.15) is 0 Å². The number of amides is 1. The van der Waals surface area contributed by atoms with Gasteiger partial charge in [-0.15, -0.1) is 0 Å². The molecule has 1 aromatic rings. The zero-order valence-electron chi connectivity index (χ0n) is 14.8. The molecule has 1 amide bonds. The van der Waals surface area contributed by atoms with Crippen LogP contribution in [-0.4, -0.2) is 38.2 Å². The lowest BCUT2D eigenvalue weighted by Gasteiger charge is -2.11. The van der Waals surface area contributed by atoms with Gasteiger partial charge >= 0.3 is 0 Å². The van der Waals surface area contributed by atoms with Crippen molar-refractivity contribution in [3.63, 3.8) is 0 Å². The molecule has 0 fully saturated rings. The van der Waals surface area contributed by atoms with Crippen LogP contribution >= 0.6 is 0 Å². The Hall–Kier alpha value is -2.08. The largest absolute Gasteiger partial charge is 0.381 e. The van der Waals surface area contributed by atoms with Gasteiger partial charge in [0.25, 0.3) is 0 Å². The minimum atomic E-state index is -0.416. The van der Waals surface area contributed by atoms with Crippen LogP contribution in [-0.2, 0) is 11.3 Å². The van der Waals surface area contributed by atoms with Crippen molar-refractivity contribution in [2.75, 3.05) is 26.3 Å². The SMILES string of the molecule is CCCCOCCCNC(=NCc1ccc(C(N)=O)cc1)NCC. The van der Waals surface area contributed by atoms with Crippen molar-refractivity contribution < 1.29 is 9.53 Å². The number of carbonyl (C=O) groups is 1. The van der Waals surface area contributed by atoms with Crippen molar-refractivity contribution in [2.45, 2.75) is 39.7 Å². The fraction of sp³-hybridized carbons (Fsp3) is 0.556. The Morgan fingerprint density at radius 2 is 1.83 bits per heavy atom. The number of benzene rings is 1. The van der Waals surface area contributed by atoms with Gasteiger partial charge in [0, 0.05) is 31.9 Å². The van der Waals surface area contributed by atoms with Gasteiger partial charge in [0.05, 0.1) is 6.54 Å². The predicted molar refractivity (Wildman–Crippen MR) is 98.1 cm³/mol. The zero-order chi connectivity index (χ0) is 17.6. The van der Waals surface area contributed by atoms with Crippen molar-refractivity contribution in [2.24, 2.45) is 10.7 Å². The van der Waals surface area contributed by atoms with E-state index in [1.807, 2.05) is 19.1 Å². The number of ether oxygens (including phenoxy) is 1. The minimum Gasteiger partial charge on any atom is -0.381 e. The highest BCUT2D eigenvalue weighted by Gasteiger charge is 2.01. The van der Waals surface area contributed by atoms with Gasteiger partial charge < -0.3 is 21.1 Å². The average Bonchev–Trinajstić information content (AvgIpc) is 2.59. The Bertz CT molecular complexity index is 500. The third-order valence-corrected chi connectivity index (χ3v) is 3.40. The summed E-state index contributed by atoms with van der Waals surface area (Å²) in [6.45, 7) is 7.96. The lowest BCUT2D eigenvalue weighted by Crippen LogP contribution is -2.38. The maximum Gasteiger partial charge on any atom is 0.248 e. The zero-order valence-corrected chi connectivity index (χ0v) is 14.8. The fourth-order valence-corrected chi connectivity index (χ4v) is 2.02. The molecule has 0 unspecified atom stereocenters. The Morgan fingerprint density at radius 1 is 1.12 bits per heavy atom. The molecular weight excluding hydrogens is 304 g/mol. The number of nitrogens with one attached hydrogen (secondary N) is 2. The van der Waals surface area contributed by atoms with Gasteiger partial charge in [-0.1, -0.05) is 25.5 Å². The van der Waals surface area contributed by atoms with E-state index < -0.39 is 5.91 Å². The van der Waals surface area contributed by atoms with Gasteiger partial charge in [0.15, 0.2) is 5.96 Å². The summed E-state index contributed by atoms with van der Waals surface area (Å²) in [4.78, 5) is 15.6. The van der Waals surface area contributed by atoms with Crippen molar-refractivity contribution in [3.8, 4) is 0 Å². The van der Waals surface area contributed by atoms with Gasteiger partial charge in [0.1, 0.15) is 0 Å². The number of aliphatic imine (C=N–C) groups is 1. The molecule has 6 heteroatoms. The van der Waals surface area contributed by atoms with E-state index in [9.17, 15) is 4.79 Å². The van der Waals surface area contributed by atoms with Crippen LogP contribution in [0.4, 0.5) is 0 Å². The molecule has 0 bridgehead atoms. The highest BCUT2D eigenvalue weighted by molar-refractivity contribution is 5.92. The van der Waals surface area contributed by atoms with E-state index in [0.29, 0.717) is 12.1 Å². The van der Waals surface area contributed by atoms with Crippen LogP contribution in [0.5, 0.6) is 0 Å². The molecule has 1 aromatic carbocycles. The van der Waals surface area contributed by atoms with Crippen molar-refractivity contribution in [1.82, 2.24) is 10.6 Å². The van der Waals surface area contributed by atoms with E-state index in [4.69, 9.17) is 10.5 Å². The number of unbranched alkanes of at least 4 members (excludes halogenated alkanes) is 1. The molecule has 0 aromatic heterocycles. The summed E-state index contributed by atoms with van der Waals surface area (Å²) >= 11 is 0. The first-order valence-corrected chi connectivity index (χ1v) is 8.66. The van der Waals surface area contributed by atoms with Crippen molar-refractivity contribution in [1.29, 1.82) is 0 Å². The van der Waals surface area contributed by atoms with E-state index in [-0.39, 0.29) is 0 Å². The molecule has 6 nitrogen and oxygen atoms in total. The summed E-state index contributed by atoms with van der Waals surface area (Å²) in [6, 6.07) is 7.19. The molecule has 0 heterocycles. The molecule has 0 aliphatic rings. The highest BCUT2D eigenvalue weighted by atomic mass is 16.5. The monoisotopic (exact) mass is 334 g/mol. The Kier molecular flexibility index (Phi) is 10.3. The number of hydrogen-bond donors (Lipinski definition) is 3. The number of nitrogens with zero attached hydrogens (tertiary/aromatic N) is 1. The minimum absolute atomic E-state index is 0.416. The molecule has 0 radical (unpaired) electrons. The van der Waals surface area contributed by atoms with E-state index >= 15 is 0 Å². The fourth-order valence-electron chi connectivity index (χ4n) is 2.02. The van der Waals surface area contributed by atoms with Crippen LogP contribution in [0.2, 0.25) is 0 Å². The molecule has 4 N–H and O–H groups in total. The lowest BCUT2D eigenvalue weighted by atomic mass is 10.1. The molecule has 1 rings (SSSR count). The number of carbonyl (C=O) groups excluding carboxylic acids is 1. The average molecular weight is 334 g/mol. The molecule has 0 aliphatic heterocycles. The quantitative estimate of drug-likeness (QED) is 0.328. The highest BCUT2D eigenvalue weighted by Crippen LogP contribution is 2.05. The van der Waals surface area contributed by atoms with E-state index in [2.05, 4.69) is 22.5 Å². The van der Waals surface area contributed by atoms with E-state index in [0.717, 1.165) is 57.1 Å². The van der Waals surface area contributed by atoms with Crippen LogP contribution in [0.15, 0.2) is 29.3 Å². The van der Waals surface area contributed by atoms with Crippen LogP contribution in [0.1, 0.15) is 49.0 Å². The Balaban J connectivity index is 2.37. The van der Waals surface area contributed by atoms with Crippen LogP contribution in [0, 0.1) is 0 Å². The first-order valence-electron chi connectivity index (χ1n) is 8.66. The summed E-state index contributed by atoms with van der Waals surface area (Å²) in [5.41, 5.74) is 6.77. The molecule has 24 heavy (non-hydrogen) atoms. The molecule has 0 saturated carbocycles. The second kappa shape index (κ2) is 12.4. The van der Waals surface area contributed by atoms with Crippen LogP contribution < -0.4 is 16.4 Å². The number of nitrogens with two attached hydrogens (primary N) is 1. The van der Waals surface area contributed by atoms with Gasteiger partial charge in [-0.25, -0.2) is 4.99 Å². The Morgan fingerprint density at radius 3 is 2.46 bits per heavy atom. The molecule has 0 atom stereocenters. The smallest absolute Gasteiger partial charge is 0.248 e. The first-order chi connectivity index (χ1) is 11.7. The number of hydrogen-bond acceptors (Lipinski definition) is 3. The topological polar surface area (TPSA) is 88.7 Å². The van der Waals surface area contributed by atoms with E-state index in [1.54, 1.807) is 12.1 Å². The second-order valence-corrected chi connectivity index (χ2v) is 5.50. The van der Waals surface area contributed by atoms with Gasteiger partial charge in [-0.3, -0.25) is 4.79 Å². The number of rotatable bonds is 11. The maximum absolute atomic E-state index is 11.1. The molecule has 134 valence electrons. The third-order valence-electron chi connectivity index (χ3n) is 3.40. The molecular formula is C18H30N4O2. The standard InChI is InChI=1S/C18H30N4O2/c1-3-5-12-24-13-6-11-21-18(20-4-2)22-14-15-7-9-16(10-8-15)17(19)23/h7-10H,3-6,11-14H2,1-2H3,(H2,19,23)(H2,20,21,22). The molecule has 0 saturated heterocycles. The summed E-state index contributed by atoms with van der Waals surface area (Å²) in [7, 11) is 0. The van der Waals surface area contributed by atoms with E-state index in [1.165, 1.54) is 0 Å². The first kappa shape index (κ1) is 20.0. The van der Waals surface area contributed by atoms with Crippen molar-refractivity contribution >= 4 is 11.9 Å². The third kappa shape index (κ3) is 8.53. The van der Waals surface area contributed by atoms with Gasteiger partial charge in [-0.05, 0) is 37.5 Å². The van der Waals surface area contributed by atoms with Crippen molar-refractivity contribution in [3.05, 3.63) is 35.4 Å². The maximum atomic E-state index is 11.1. The molecule has 0 aliphatic carbocycles. The van der Waals surface area contributed by atoms with Gasteiger partial charge in [0.2, 0.25) is 5.91 Å². The lowest BCUT2D eigenvalue weighted by molar-refractivity contribution is 0.100. The normalized spacial score (nSPS) is 11.3. The summed E-state index contributed by atoms with van der Waals surface area (Å²) in [5.74, 6) is 0.367. The predicted octanol–water partition coefficient (Wildman–Crippen LogP) is 2.05. The van der Waals surface area contributed by atoms with Crippen LogP contribution in [0.25, 0.3) is 0 Å². The summed E-state index contributed by atoms with van der Waals surface area (Å²) in [5, 5.41) is 6.51. The second-order valence-electron chi connectivity index (χ2n) is 5.50. The summed E-state index contributed by atoms with van der Waals surface area (Å²) in [6.07, 6.45) is 3.23. The van der Waals surface area contributed by atoms with Crippen LogP contribution in [0.3, 0.4) is 0 Å². The number of primary amides is 1. The number of guanidine groups is 1.